The standard InChI is InChI=1S/C21H32O4/c1-6-15(3)17-9-12-20(19(13-17)21(22)23-5)25-16(4)24-18-10-7-14(2)8-11-18/h9,12-16,18H,6-8,10-11H2,1-5H3. The molecular formula is C21H32O4. The van der Waals surface area contributed by atoms with E-state index in [9.17, 15) is 4.79 Å². The Balaban J connectivity index is 2.07. The van der Waals surface area contributed by atoms with E-state index in [1.165, 1.54) is 20.0 Å². The van der Waals surface area contributed by atoms with Crippen molar-refractivity contribution in [3.05, 3.63) is 29.3 Å². The third-order valence-corrected chi connectivity index (χ3v) is 5.23. The third-order valence-electron chi connectivity index (χ3n) is 5.23. The van der Waals surface area contributed by atoms with Gasteiger partial charge in [-0.05, 0) is 68.6 Å². The molecule has 1 fully saturated rings. The van der Waals surface area contributed by atoms with E-state index in [-0.39, 0.29) is 12.1 Å². The second-order valence-electron chi connectivity index (χ2n) is 7.26. The lowest BCUT2D eigenvalue weighted by molar-refractivity contribution is -0.119. The zero-order chi connectivity index (χ0) is 18.4. The van der Waals surface area contributed by atoms with Gasteiger partial charge in [0.1, 0.15) is 11.3 Å². The largest absolute Gasteiger partial charge is 0.465 e. The molecule has 0 heterocycles. The van der Waals surface area contributed by atoms with Gasteiger partial charge in [-0.1, -0.05) is 26.8 Å². The third kappa shape index (κ3) is 5.46. The number of rotatable bonds is 7. The Kier molecular flexibility index (Phi) is 7.30. The summed E-state index contributed by atoms with van der Waals surface area (Å²) in [7, 11) is 1.39. The van der Waals surface area contributed by atoms with Crippen LogP contribution >= 0.6 is 0 Å². The average molecular weight is 348 g/mol. The topological polar surface area (TPSA) is 44.8 Å². The maximum atomic E-state index is 12.2. The van der Waals surface area contributed by atoms with Crippen LogP contribution in [0.5, 0.6) is 5.75 Å². The van der Waals surface area contributed by atoms with E-state index in [0.29, 0.717) is 17.2 Å². The highest BCUT2D eigenvalue weighted by Gasteiger charge is 2.23. The van der Waals surface area contributed by atoms with Crippen LogP contribution in [0.3, 0.4) is 0 Å². The zero-order valence-electron chi connectivity index (χ0n) is 16.2. The Labute approximate surface area is 151 Å². The quantitative estimate of drug-likeness (QED) is 0.495. The van der Waals surface area contributed by atoms with Crippen LogP contribution in [0.2, 0.25) is 0 Å². The number of hydrogen-bond acceptors (Lipinski definition) is 4. The lowest BCUT2D eigenvalue weighted by atomic mass is 9.89. The van der Waals surface area contributed by atoms with Crippen molar-refractivity contribution in [3.63, 3.8) is 0 Å². The molecule has 140 valence electrons. The summed E-state index contributed by atoms with van der Waals surface area (Å²) >= 11 is 0. The summed E-state index contributed by atoms with van der Waals surface area (Å²) < 4.78 is 16.9. The molecule has 1 aromatic carbocycles. The minimum Gasteiger partial charge on any atom is -0.465 e. The molecule has 2 unspecified atom stereocenters. The molecule has 1 saturated carbocycles. The van der Waals surface area contributed by atoms with Gasteiger partial charge in [0.15, 0.2) is 6.29 Å². The Morgan fingerprint density at radius 3 is 2.48 bits per heavy atom. The van der Waals surface area contributed by atoms with Crippen LogP contribution in [0, 0.1) is 5.92 Å². The summed E-state index contributed by atoms with van der Waals surface area (Å²) in [6.07, 6.45) is 5.42. The number of esters is 1. The van der Waals surface area contributed by atoms with Gasteiger partial charge >= 0.3 is 5.97 Å². The predicted octanol–water partition coefficient (Wildman–Crippen LogP) is 5.31. The molecule has 0 spiro atoms. The van der Waals surface area contributed by atoms with Crippen molar-refractivity contribution in [1.82, 2.24) is 0 Å². The normalized spacial score (nSPS) is 22.9. The van der Waals surface area contributed by atoms with E-state index in [1.54, 1.807) is 0 Å². The Bertz CT molecular complexity index is 561. The molecule has 0 aromatic heterocycles. The summed E-state index contributed by atoms with van der Waals surface area (Å²) in [5, 5.41) is 0. The smallest absolute Gasteiger partial charge is 0.341 e. The summed E-state index contributed by atoms with van der Waals surface area (Å²) in [5.74, 6) is 1.32. The summed E-state index contributed by atoms with van der Waals surface area (Å²) in [6.45, 7) is 8.46. The van der Waals surface area contributed by atoms with E-state index in [2.05, 4.69) is 20.8 Å². The number of benzene rings is 1. The summed E-state index contributed by atoms with van der Waals surface area (Å²) in [6, 6.07) is 5.76. The van der Waals surface area contributed by atoms with Gasteiger partial charge < -0.3 is 14.2 Å². The Hall–Kier alpha value is -1.55. The first kappa shape index (κ1) is 19.8. The van der Waals surface area contributed by atoms with Crippen LogP contribution in [0.1, 0.15) is 81.6 Å². The lowest BCUT2D eigenvalue weighted by Gasteiger charge is -2.29. The van der Waals surface area contributed by atoms with Crippen LogP contribution in [0.25, 0.3) is 0 Å². The maximum absolute atomic E-state index is 12.2. The van der Waals surface area contributed by atoms with E-state index in [1.807, 2.05) is 25.1 Å². The highest BCUT2D eigenvalue weighted by atomic mass is 16.7. The highest BCUT2D eigenvalue weighted by molar-refractivity contribution is 5.92. The minimum absolute atomic E-state index is 0.243. The molecule has 4 heteroatoms. The second kappa shape index (κ2) is 9.23. The lowest BCUT2D eigenvalue weighted by Crippen LogP contribution is -2.28. The van der Waals surface area contributed by atoms with Gasteiger partial charge in [-0.15, -0.1) is 0 Å². The van der Waals surface area contributed by atoms with Gasteiger partial charge in [0.05, 0.1) is 13.2 Å². The Morgan fingerprint density at radius 2 is 1.88 bits per heavy atom. The van der Waals surface area contributed by atoms with Gasteiger partial charge in [-0.25, -0.2) is 4.79 Å². The van der Waals surface area contributed by atoms with Crippen LogP contribution in [-0.2, 0) is 9.47 Å². The summed E-state index contributed by atoms with van der Waals surface area (Å²) in [5.41, 5.74) is 1.58. The molecular weight excluding hydrogens is 316 g/mol. The molecule has 0 saturated heterocycles. The predicted molar refractivity (Wildman–Crippen MR) is 99.1 cm³/mol. The van der Waals surface area contributed by atoms with Gasteiger partial charge in [-0.3, -0.25) is 0 Å². The van der Waals surface area contributed by atoms with Crippen molar-refractivity contribution in [3.8, 4) is 5.75 Å². The number of methoxy groups -OCH3 is 1. The van der Waals surface area contributed by atoms with E-state index in [0.717, 1.165) is 30.7 Å². The number of carbonyl (C=O) groups is 1. The molecule has 1 aromatic rings. The summed E-state index contributed by atoms with van der Waals surface area (Å²) in [4.78, 5) is 12.2. The molecule has 2 atom stereocenters. The number of hydrogen-bond donors (Lipinski definition) is 0. The van der Waals surface area contributed by atoms with Crippen LogP contribution < -0.4 is 4.74 Å². The SMILES string of the molecule is CCC(C)c1ccc(OC(C)OC2CCC(C)CC2)c(C(=O)OC)c1. The maximum Gasteiger partial charge on any atom is 0.341 e. The molecule has 25 heavy (non-hydrogen) atoms. The first-order chi connectivity index (χ1) is 11.9. The van der Waals surface area contributed by atoms with Crippen molar-refractivity contribution in [2.24, 2.45) is 5.92 Å². The van der Waals surface area contributed by atoms with Crippen LogP contribution in [-0.4, -0.2) is 25.5 Å². The van der Waals surface area contributed by atoms with Crippen LogP contribution in [0.4, 0.5) is 0 Å². The fourth-order valence-corrected chi connectivity index (χ4v) is 3.31. The second-order valence-corrected chi connectivity index (χ2v) is 7.26. The minimum atomic E-state index is -0.392. The van der Waals surface area contributed by atoms with Crippen molar-refractivity contribution < 1.29 is 19.0 Å². The van der Waals surface area contributed by atoms with Crippen molar-refractivity contribution in [2.45, 2.75) is 78.1 Å². The highest BCUT2D eigenvalue weighted by Crippen LogP contribution is 2.29. The molecule has 0 radical (unpaired) electrons. The van der Waals surface area contributed by atoms with Gasteiger partial charge in [-0.2, -0.15) is 0 Å². The molecule has 0 amide bonds. The zero-order valence-corrected chi connectivity index (χ0v) is 16.2. The van der Waals surface area contributed by atoms with E-state index >= 15 is 0 Å². The van der Waals surface area contributed by atoms with Gasteiger partial charge in [0.25, 0.3) is 0 Å². The van der Waals surface area contributed by atoms with Crippen LogP contribution in [0.15, 0.2) is 18.2 Å². The molecule has 0 bridgehead atoms. The molecule has 1 aliphatic rings. The first-order valence-electron chi connectivity index (χ1n) is 9.48. The average Bonchev–Trinajstić information content (AvgIpc) is 2.62. The molecule has 2 rings (SSSR count). The fourth-order valence-electron chi connectivity index (χ4n) is 3.31. The van der Waals surface area contributed by atoms with Gasteiger partial charge in [0, 0.05) is 0 Å². The number of ether oxygens (including phenoxy) is 3. The van der Waals surface area contributed by atoms with E-state index in [4.69, 9.17) is 14.2 Å². The van der Waals surface area contributed by atoms with Crippen molar-refractivity contribution >= 4 is 5.97 Å². The van der Waals surface area contributed by atoms with Gasteiger partial charge in [0.2, 0.25) is 0 Å². The molecule has 0 aliphatic heterocycles. The van der Waals surface area contributed by atoms with Crippen molar-refractivity contribution in [2.75, 3.05) is 7.11 Å². The fraction of sp³-hybridized carbons (Fsp3) is 0.667. The Morgan fingerprint density at radius 1 is 1.20 bits per heavy atom. The molecule has 4 nitrogen and oxygen atoms in total. The molecule has 1 aliphatic carbocycles. The monoisotopic (exact) mass is 348 g/mol. The van der Waals surface area contributed by atoms with E-state index < -0.39 is 6.29 Å². The molecule has 0 N–H and O–H groups in total. The first-order valence-corrected chi connectivity index (χ1v) is 9.48. The van der Waals surface area contributed by atoms with Crippen molar-refractivity contribution in [1.29, 1.82) is 0 Å². The number of carbonyl (C=O) groups excluding carboxylic acids is 1.